The first-order chi connectivity index (χ1) is 7.41. The van der Waals surface area contributed by atoms with Crippen LogP contribution in [0.15, 0.2) is 18.2 Å². The molecule has 1 aliphatic rings. The highest BCUT2D eigenvalue weighted by molar-refractivity contribution is 6.05. The van der Waals surface area contributed by atoms with E-state index in [0.29, 0.717) is 0 Å². The lowest BCUT2D eigenvalue weighted by atomic mass is 9.85. The highest BCUT2D eigenvalue weighted by Gasteiger charge is 2.38. The van der Waals surface area contributed by atoms with Crippen LogP contribution in [0, 0.1) is 5.21 Å². The molecule has 1 amide bonds. The molecule has 3 N–H and O–H groups in total. The number of rotatable bonds is 2. The van der Waals surface area contributed by atoms with E-state index < -0.39 is 10.6 Å². The van der Waals surface area contributed by atoms with Crippen molar-refractivity contribution in [3.63, 3.8) is 0 Å². The number of quaternary nitrogens is 1. The van der Waals surface area contributed by atoms with Gasteiger partial charge in [0, 0.05) is 11.3 Å². The molecule has 16 heavy (non-hydrogen) atoms. The van der Waals surface area contributed by atoms with Gasteiger partial charge in [0.05, 0.1) is 5.41 Å². The van der Waals surface area contributed by atoms with Gasteiger partial charge < -0.3 is 10.5 Å². The first kappa shape index (κ1) is 11.1. The van der Waals surface area contributed by atoms with E-state index in [1.165, 1.54) is 0 Å². The Labute approximate surface area is 93.2 Å². The molecule has 0 aliphatic carbocycles. The maximum absolute atomic E-state index is 11.7. The summed E-state index contributed by atoms with van der Waals surface area (Å²) >= 11 is 0. The minimum atomic E-state index is -0.866. The molecule has 1 heterocycles. The predicted octanol–water partition coefficient (Wildman–Crippen LogP) is 0.188. The summed E-state index contributed by atoms with van der Waals surface area (Å²) in [5.41, 5.74) is 1.79. The molecule has 0 bridgehead atoms. The van der Waals surface area contributed by atoms with E-state index in [1.54, 1.807) is 18.2 Å². The fourth-order valence-corrected chi connectivity index (χ4v) is 1.90. The number of amides is 1. The van der Waals surface area contributed by atoms with Crippen LogP contribution in [-0.2, 0) is 16.8 Å². The van der Waals surface area contributed by atoms with Crippen LogP contribution in [0.1, 0.15) is 25.0 Å². The van der Waals surface area contributed by atoms with Gasteiger partial charge >= 0.3 is 0 Å². The Morgan fingerprint density at radius 2 is 2.19 bits per heavy atom. The molecule has 0 spiro atoms. The molecule has 0 saturated heterocycles. The number of carbonyl (C=O) groups is 1. The molecule has 0 radical (unpaired) electrons. The van der Waals surface area contributed by atoms with Gasteiger partial charge in [0.25, 0.3) is 0 Å². The third-order valence-corrected chi connectivity index (χ3v) is 2.93. The van der Waals surface area contributed by atoms with Crippen molar-refractivity contribution in [1.82, 2.24) is 0 Å². The van der Waals surface area contributed by atoms with Crippen molar-refractivity contribution in [2.24, 2.45) is 0 Å². The van der Waals surface area contributed by atoms with Crippen molar-refractivity contribution in [1.29, 1.82) is 0 Å². The lowest BCUT2D eigenvalue weighted by Crippen LogP contribution is -3.03. The summed E-state index contributed by atoms with van der Waals surface area (Å²) in [5, 5.41) is 21.2. The second kappa shape index (κ2) is 3.55. The van der Waals surface area contributed by atoms with Gasteiger partial charge in [0.1, 0.15) is 6.54 Å². The molecular weight excluding hydrogens is 208 g/mol. The quantitative estimate of drug-likeness (QED) is 0.625. The Balaban J connectivity index is 2.40. The van der Waals surface area contributed by atoms with Crippen LogP contribution in [0.3, 0.4) is 0 Å². The van der Waals surface area contributed by atoms with E-state index in [9.17, 15) is 10.0 Å². The van der Waals surface area contributed by atoms with Gasteiger partial charge in [-0.25, -0.2) is 10.4 Å². The number of nitrogens with one attached hydrogen (secondary N) is 2. The van der Waals surface area contributed by atoms with Crippen molar-refractivity contribution >= 4 is 11.6 Å². The fourth-order valence-electron chi connectivity index (χ4n) is 1.90. The van der Waals surface area contributed by atoms with Crippen molar-refractivity contribution in [3.05, 3.63) is 34.5 Å². The molecule has 5 nitrogen and oxygen atoms in total. The molecule has 1 atom stereocenters. The molecule has 1 aromatic carbocycles. The van der Waals surface area contributed by atoms with Gasteiger partial charge in [-0.05, 0) is 31.5 Å². The SMILES string of the molecule is CC1(C)C(=O)Nc2ccc(C[NH+]([O-])O)cc21. The highest BCUT2D eigenvalue weighted by atomic mass is 16.8. The molecule has 0 aromatic heterocycles. The zero-order valence-corrected chi connectivity index (χ0v) is 9.20. The van der Waals surface area contributed by atoms with E-state index in [1.807, 2.05) is 13.8 Å². The number of carbonyl (C=O) groups excluding carboxylic acids is 1. The van der Waals surface area contributed by atoms with E-state index >= 15 is 0 Å². The monoisotopic (exact) mass is 222 g/mol. The third kappa shape index (κ3) is 1.69. The minimum absolute atomic E-state index is 0.0163. The second-order valence-electron chi connectivity index (χ2n) is 4.53. The van der Waals surface area contributed by atoms with Crippen molar-refractivity contribution < 1.29 is 15.2 Å². The molecule has 86 valence electrons. The van der Waals surface area contributed by atoms with Gasteiger partial charge in [-0.2, -0.15) is 0 Å². The Morgan fingerprint density at radius 3 is 2.81 bits per heavy atom. The highest BCUT2D eigenvalue weighted by Crippen LogP contribution is 2.37. The lowest BCUT2D eigenvalue weighted by molar-refractivity contribution is -1.06. The Morgan fingerprint density at radius 1 is 1.50 bits per heavy atom. The molecule has 5 heteroatoms. The van der Waals surface area contributed by atoms with Crippen molar-refractivity contribution in [2.45, 2.75) is 25.8 Å². The normalized spacial score (nSPS) is 19.1. The van der Waals surface area contributed by atoms with Crippen molar-refractivity contribution in [2.75, 3.05) is 5.32 Å². The smallest absolute Gasteiger partial charge is 0.234 e. The van der Waals surface area contributed by atoms with Gasteiger partial charge in [-0.15, -0.1) is 0 Å². The number of hydrogen-bond donors (Lipinski definition) is 3. The first-order valence-electron chi connectivity index (χ1n) is 5.08. The molecule has 1 aromatic rings. The summed E-state index contributed by atoms with van der Waals surface area (Å²) in [6, 6.07) is 5.29. The largest absolute Gasteiger partial charge is 0.600 e. The topological polar surface area (TPSA) is 76.8 Å². The summed E-state index contributed by atoms with van der Waals surface area (Å²) in [4.78, 5) is 11.7. The number of benzene rings is 1. The first-order valence-corrected chi connectivity index (χ1v) is 5.08. The Kier molecular flexibility index (Phi) is 2.46. The lowest BCUT2D eigenvalue weighted by Gasteiger charge is -2.17. The number of anilines is 1. The van der Waals surface area contributed by atoms with Crippen LogP contribution in [0.4, 0.5) is 5.69 Å². The third-order valence-electron chi connectivity index (χ3n) is 2.93. The van der Waals surface area contributed by atoms with E-state index in [0.717, 1.165) is 16.8 Å². The summed E-state index contributed by atoms with van der Waals surface area (Å²) in [6.07, 6.45) is 0. The van der Waals surface area contributed by atoms with Crippen molar-refractivity contribution in [3.8, 4) is 0 Å². The van der Waals surface area contributed by atoms with Crippen LogP contribution in [-0.4, -0.2) is 11.1 Å². The van der Waals surface area contributed by atoms with Gasteiger partial charge in [0.2, 0.25) is 5.91 Å². The average molecular weight is 222 g/mol. The van der Waals surface area contributed by atoms with Gasteiger partial charge in [0.15, 0.2) is 0 Å². The Hall–Kier alpha value is -1.43. The summed E-state index contributed by atoms with van der Waals surface area (Å²) in [5.74, 6) is -0.0463. The Bertz CT molecular complexity index is 441. The van der Waals surface area contributed by atoms with Crippen LogP contribution in [0.5, 0.6) is 0 Å². The van der Waals surface area contributed by atoms with Gasteiger partial charge in [-0.1, -0.05) is 6.07 Å². The second-order valence-corrected chi connectivity index (χ2v) is 4.53. The summed E-state index contributed by atoms with van der Waals surface area (Å²) < 4.78 is 0. The number of fused-ring (bicyclic) bond motifs is 1. The maximum atomic E-state index is 11.7. The van der Waals surface area contributed by atoms with Crippen LogP contribution >= 0.6 is 0 Å². The predicted molar refractivity (Wildman–Crippen MR) is 57.9 cm³/mol. The number of hydrogen-bond acceptors (Lipinski definition) is 3. The van der Waals surface area contributed by atoms with Gasteiger partial charge in [-0.3, -0.25) is 4.79 Å². The molecule has 0 fully saturated rings. The number of hydroxylamine groups is 2. The van der Waals surface area contributed by atoms with Crippen LogP contribution in [0.25, 0.3) is 0 Å². The van der Waals surface area contributed by atoms with E-state index in [4.69, 9.17) is 5.21 Å². The fraction of sp³-hybridized carbons (Fsp3) is 0.364. The summed E-state index contributed by atoms with van der Waals surface area (Å²) in [6.45, 7) is 3.65. The van der Waals surface area contributed by atoms with Crippen LogP contribution < -0.4 is 10.5 Å². The average Bonchev–Trinajstić information content (AvgIpc) is 2.39. The van der Waals surface area contributed by atoms with E-state index in [-0.39, 0.29) is 12.5 Å². The minimum Gasteiger partial charge on any atom is -0.600 e. The molecule has 2 rings (SSSR count). The zero-order valence-electron chi connectivity index (χ0n) is 9.20. The van der Waals surface area contributed by atoms with E-state index in [2.05, 4.69) is 5.32 Å². The molecule has 0 saturated carbocycles. The maximum Gasteiger partial charge on any atom is 0.234 e. The van der Waals surface area contributed by atoms with Crippen LogP contribution in [0.2, 0.25) is 0 Å². The zero-order chi connectivity index (χ0) is 11.9. The molecule has 1 aliphatic heterocycles. The standard InChI is InChI=1S/C11H14N2O3/c1-11(2)8-5-7(6-13(15)16)3-4-9(8)12-10(11)14/h3-5,13,15H,6H2,1-2H3,(H,12,14). The molecular formula is C11H14N2O3. The molecule has 1 unspecified atom stereocenters. The summed E-state index contributed by atoms with van der Waals surface area (Å²) in [7, 11) is 0.